The average molecular weight is 161 g/mol. The van der Waals surface area contributed by atoms with Gasteiger partial charge in [-0.25, -0.2) is 0 Å². The summed E-state index contributed by atoms with van der Waals surface area (Å²) in [5, 5.41) is 9.01. The third-order valence-electron chi connectivity index (χ3n) is 1.46. The topological polar surface area (TPSA) is 32.7 Å². The molecule has 0 radical (unpaired) electrons. The van der Waals surface area contributed by atoms with Gasteiger partial charge in [-0.05, 0) is 20.4 Å². The molecule has 0 fully saturated rings. The molecule has 0 aliphatic carbocycles. The van der Waals surface area contributed by atoms with Crippen molar-refractivity contribution >= 4 is 0 Å². The van der Waals surface area contributed by atoms with E-state index in [1.165, 1.54) is 0 Å². The van der Waals surface area contributed by atoms with Crippen LogP contribution in [0.5, 0.6) is 0 Å². The first-order valence-corrected chi connectivity index (χ1v) is 4.02. The number of nitrogens with zero attached hydrogens (tertiary/aromatic N) is 1. The SMILES string of the molecule is COCCCN(C)CC(C)O. The lowest BCUT2D eigenvalue weighted by Gasteiger charge is -2.17. The van der Waals surface area contributed by atoms with Gasteiger partial charge < -0.3 is 14.7 Å². The van der Waals surface area contributed by atoms with Gasteiger partial charge in [-0.2, -0.15) is 0 Å². The van der Waals surface area contributed by atoms with Crippen molar-refractivity contribution in [1.29, 1.82) is 0 Å². The quantitative estimate of drug-likeness (QED) is 0.570. The van der Waals surface area contributed by atoms with E-state index >= 15 is 0 Å². The second kappa shape index (κ2) is 6.58. The van der Waals surface area contributed by atoms with Crippen molar-refractivity contribution in [3.05, 3.63) is 0 Å². The Morgan fingerprint density at radius 2 is 2.18 bits per heavy atom. The lowest BCUT2D eigenvalue weighted by molar-refractivity contribution is 0.129. The van der Waals surface area contributed by atoms with Crippen molar-refractivity contribution in [3.63, 3.8) is 0 Å². The van der Waals surface area contributed by atoms with E-state index in [-0.39, 0.29) is 6.10 Å². The monoisotopic (exact) mass is 161 g/mol. The Labute approximate surface area is 69.0 Å². The Bertz CT molecular complexity index is 86.2. The molecule has 0 aromatic carbocycles. The maximum atomic E-state index is 9.01. The third-order valence-corrected chi connectivity index (χ3v) is 1.46. The maximum Gasteiger partial charge on any atom is 0.0638 e. The summed E-state index contributed by atoms with van der Waals surface area (Å²) in [4.78, 5) is 2.10. The van der Waals surface area contributed by atoms with Gasteiger partial charge in [-0.3, -0.25) is 0 Å². The van der Waals surface area contributed by atoms with Gasteiger partial charge >= 0.3 is 0 Å². The molecule has 3 nitrogen and oxygen atoms in total. The van der Waals surface area contributed by atoms with Crippen molar-refractivity contribution in [3.8, 4) is 0 Å². The Hall–Kier alpha value is -0.120. The zero-order valence-electron chi connectivity index (χ0n) is 7.71. The fourth-order valence-electron chi connectivity index (χ4n) is 1.02. The maximum absolute atomic E-state index is 9.01. The fraction of sp³-hybridized carbons (Fsp3) is 1.00. The molecule has 0 heterocycles. The van der Waals surface area contributed by atoms with E-state index in [0.29, 0.717) is 0 Å². The van der Waals surface area contributed by atoms with E-state index in [4.69, 9.17) is 9.84 Å². The van der Waals surface area contributed by atoms with Gasteiger partial charge in [0.15, 0.2) is 0 Å². The van der Waals surface area contributed by atoms with Gasteiger partial charge in [0, 0.05) is 26.8 Å². The summed E-state index contributed by atoms with van der Waals surface area (Å²) in [5.74, 6) is 0. The molecular formula is C8H19NO2. The van der Waals surface area contributed by atoms with E-state index in [1.807, 2.05) is 7.05 Å². The van der Waals surface area contributed by atoms with Crippen molar-refractivity contribution in [2.45, 2.75) is 19.4 Å². The predicted octanol–water partition coefficient (Wildman–Crippen LogP) is 0.336. The number of methoxy groups -OCH3 is 1. The molecule has 1 N–H and O–H groups in total. The normalized spacial score (nSPS) is 13.9. The zero-order valence-corrected chi connectivity index (χ0v) is 7.71. The molecule has 0 saturated carbocycles. The van der Waals surface area contributed by atoms with Crippen LogP contribution < -0.4 is 0 Å². The third kappa shape index (κ3) is 7.78. The summed E-state index contributed by atoms with van der Waals surface area (Å²) in [5.41, 5.74) is 0. The predicted molar refractivity (Wildman–Crippen MR) is 45.7 cm³/mol. The summed E-state index contributed by atoms with van der Waals surface area (Å²) in [6, 6.07) is 0. The number of aliphatic hydroxyl groups excluding tert-OH is 1. The first-order chi connectivity index (χ1) is 5.16. The number of likely N-dealkylation sites (N-methyl/N-ethyl adjacent to an activating group) is 1. The minimum atomic E-state index is -0.234. The highest BCUT2D eigenvalue weighted by molar-refractivity contribution is 4.55. The molecular weight excluding hydrogens is 142 g/mol. The highest BCUT2D eigenvalue weighted by Gasteiger charge is 2.01. The van der Waals surface area contributed by atoms with Crippen molar-refractivity contribution in [2.75, 3.05) is 33.9 Å². The van der Waals surface area contributed by atoms with Gasteiger partial charge in [-0.1, -0.05) is 0 Å². The number of ether oxygens (including phenoxy) is 1. The number of aliphatic hydroxyl groups is 1. The summed E-state index contributed by atoms with van der Waals surface area (Å²) >= 11 is 0. The van der Waals surface area contributed by atoms with E-state index < -0.39 is 0 Å². The van der Waals surface area contributed by atoms with Crippen LogP contribution in [0.2, 0.25) is 0 Å². The van der Waals surface area contributed by atoms with Crippen LogP contribution in [0.3, 0.4) is 0 Å². The van der Waals surface area contributed by atoms with Gasteiger partial charge in [0.25, 0.3) is 0 Å². The standard InChI is InChI=1S/C8H19NO2/c1-8(10)7-9(2)5-4-6-11-3/h8,10H,4-7H2,1-3H3. The molecule has 0 aliphatic heterocycles. The van der Waals surface area contributed by atoms with Crippen LogP contribution in [0.25, 0.3) is 0 Å². The first kappa shape index (κ1) is 10.9. The van der Waals surface area contributed by atoms with Gasteiger partial charge in [0.1, 0.15) is 0 Å². The molecule has 0 bridgehead atoms. The minimum absolute atomic E-state index is 0.234. The number of hydrogen-bond acceptors (Lipinski definition) is 3. The van der Waals surface area contributed by atoms with Gasteiger partial charge in [0.05, 0.1) is 6.10 Å². The van der Waals surface area contributed by atoms with Crippen LogP contribution in [0, 0.1) is 0 Å². The molecule has 3 heteroatoms. The Kier molecular flexibility index (Phi) is 6.51. The van der Waals surface area contributed by atoms with Crippen molar-refractivity contribution in [2.24, 2.45) is 0 Å². The second-order valence-corrected chi connectivity index (χ2v) is 2.96. The Balaban J connectivity index is 3.15. The Morgan fingerprint density at radius 3 is 2.64 bits per heavy atom. The van der Waals surface area contributed by atoms with E-state index in [1.54, 1.807) is 14.0 Å². The number of rotatable bonds is 6. The van der Waals surface area contributed by atoms with Gasteiger partial charge in [0.2, 0.25) is 0 Å². The smallest absolute Gasteiger partial charge is 0.0638 e. The van der Waals surface area contributed by atoms with Crippen LogP contribution in [0.15, 0.2) is 0 Å². The van der Waals surface area contributed by atoms with Gasteiger partial charge in [-0.15, -0.1) is 0 Å². The van der Waals surface area contributed by atoms with Crippen molar-refractivity contribution < 1.29 is 9.84 Å². The largest absolute Gasteiger partial charge is 0.392 e. The molecule has 1 unspecified atom stereocenters. The van der Waals surface area contributed by atoms with Crippen LogP contribution in [-0.2, 0) is 4.74 Å². The molecule has 0 amide bonds. The fourth-order valence-corrected chi connectivity index (χ4v) is 1.02. The number of hydrogen-bond donors (Lipinski definition) is 1. The average Bonchev–Trinajstić information content (AvgIpc) is 1.86. The van der Waals surface area contributed by atoms with Crippen LogP contribution in [0.4, 0.5) is 0 Å². The van der Waals surface area contributed by atoms with Crippen molar-refractivity contribution in [1.82, 2.24) is 4.90 Å². The Morgan fingerprint density at radius 1 is 1.55 bits per heavy atom. The van der Waals surface area contributed by atoms with E-state index in [2.05, 4.69) is 4.90 Å². The molecule has 0 rings (SSSR count). The summed E-state index contributed by atoms with van der Waals surface area (Å²) in [7, 11) is 3.71. The molecule has 0 aromatic rings. The zero-order chi connectivity index (χ0) is 8.69. The minimum Gasteiger partial charge on any atom is -0.392 e. The molecule has 0 spiro atoms. The molecule has 0 saturated heterocycles. The van der Waals surface area contributed by atoms with Crippen LogP contribution in [-0.4, -0.2) is 50.0 Å². The summed E-state index contributed by atoms with van der Waals surface area (Å²) in [6.07, 6.45) is 0.794. The van der Waals surface area contributed by atoms with E-state index in [9.17, 15) is 0 Å². The summed E-state index contributed by atoms with van der Waals surface area (Å²) in [6.45, 7) is 4.32. The molecule has 68 valence electrons. The lowest BCUT2D eigenvalue weighted by atomic mass is 10.3. The molecule has 0 aliphatic rings. The van der Waals surface area contributed by atoms with Crippen LogP contribution in [0.1, 0.15) is 13.3 Å². The molecule has 11 heavy (non-hydrogen) atoms. The van der Waals surface area contributed by atoms with E-state index in [0.717, 1.165) is 26.1 Å². The summed E-state index contributed by atoms with van der Waals surface area (Å²) < 4.78 is 4.91. The lowest BCUT2D eigenvalue weighted by Crippen LogP contribution is -2.28. The second-order valence-electron chi connectivity index (χ2n) is 2.96. The first-order valence-electron chi connectivity index (χ1n) is 4.02. The highest BCUT2D eigenvalue weighted by atomic mass is 16.5. The molecule has 1 atom stereocenters. The molecule has 0 aromatic heterocycles. The highest BCUT2D eigenvalue weighted by Crippen LogP contribution is 1.90. The van der Waals surface area contributed by atoms with Crippen LogP contribution >= 0.6 is 0 Å².